The number of carbonyl (C=O) groups excluding carboxylic acids is 2. The van der Waals surface area contributed by atoms with Gasteiger partial charge in [0.15, 0.2) is 6.10 Å². The summed E-state index contributed by atoms with van der Waals surface area (Å²) in [5.41, 5.74) is 0.998. The van der Waals surface area contributed by atoms with Crippen LogP contribution in [0.3, 0.4) is 0 Å². The lowest BCUT2D eigenvalue weighted by atomic mass is 10.1. The van der Waals surface area contributed by atoms with Gasteiger partial charge in [-0.3, -0.25) is 15.2 Å². The Hall–Kier alpha value is -2.81. The Kier molecular flexibility index (Phi) is 7.22. The lowest BCUT2D eigenvalue weighted by Gasteiger charge is -2.17. The van der Waals surface area contributed by atoms with Crippen LogP contribution in [0.25, 0.3) is 0 Å². The van der Waals surface area contributed by atoms with E-state index in [1.54, 1.807) is 39.0 Å². The first-order valence-electron chi connectivity index (χ1n) is 8.45. The van der Waals surface area contributed by atoms with Crippen molar-refractivity contribution in [1.29, 1.82) is 0 Å². The molecule has 0 aliphatic carbocycles. The fourth-order valence-electron chi connectivity index (χ4n) is 2.37. The van der Waals surface area contributed by atoms with Gasteiger partial charge in [-0.05, 0) is 50.6 Å². The summed E-state index contributed by atoms with van der Waals surface area (Å²) >= 11 is 5.83. The van der Waals surface area contributed by atoms with Crippen LogP contribution in [0.5, 0.6) is 5.75 Å². The number of ether oxygens (including phenoxy) is 2. The van der Waals surface area contributed by atoms with Gasteiger partial charge < -0.3 is 14.8 Å². The van der Waals surface area contributed by atoms with Crippen LogP contribution < -0.4 is 15.3 Å². The third-order valence-electron chi connectivity index (χ3n) is 3.81. The summed E-state index contributed by atoms with van der Waals surface area (Å²) in [4.78, 5) is 24.3. The van der Waals surface area contributed by atoms with Crippen molar-refractivity contribution in [3.05, 3.63) is 52.5 Å². The number of amides is 1. The van der Waals surface area contributed by atoms with E-state index < -0.39 is 18.0 Å². The minimum atomic E-state index is -0.814. The highest BCUT2D eigenvalue weighted by Gasteiger charge is 2.19. The number of anilines is 2. The van der Waals surface area contributed by atoms with Crippen LogP contribution in [0.15, 0.2) is 36.4 Å². The Balaban J connectivity index is 2.22. The number of carbonyl (C=O) groups is 2. The summed E-state index contributed by atoms with van der Waals surface area (Å²) < 4.78 is 10.5. The average molecular weight is 409 g/mol. The molecule has 0 aliphatic rings. The molecule has 1 amide bonds. The zero-order valence-electron chi connectivity index (χ0n) is 15.6. The summed E-state index contributed by atoms with van der Waals surface area (Å²) in [5, 5.41) is 21.4. The van der Waals surface area contributed by atoms with E-state index in [9.17, 15) is 20.0 Å². The fraction of sp³-hybridized carbons (Fsp3) is 0.263. The maximum Gasteiger partial charge on any atom is 0.347 e. The van der Waals surface area contributed by atoms with Crippen molar-refractivity contribution in [2.45, 2.75) is 26.9 Å². The summed E-state index contributed by atoms with van der Waals surface area (Å²) in [5.74, 6) is -0.715. The molecule has 0 saturated heterocycles. The van der Waals surface area contributed by atoms with Gasteiger partial charge in [0.05, 0.1) is 12.2 Å². The maximum absolute atomic E-state index is 12.6. The van der Waals surface area contributed by atoms with E-state index in [1.165, 1.54) is 18.2 Å². The van der Waals surface area contributed by atoms with Gasteiger partial charge in [-0.2, -0.15) is 0 Å². The van der Waals surface area contributed by atoms with Crippen molar-refractivity contribution in [1.82, 2.24) is 0 Å². The van der Waals surface area contributed by atoms with Crippen LogP contribution in [0.4, 0.5) is 11.4 Å². The maximum atomic E-state index is 12.6. The number of hydrogen-bond acceptors (Lipinski definition) is 7. The molecule has 0 bridgehead atoms. The Morgan fingerprint density at radius 3 is 2.57 bits per heavy atom. The van der Waals surface area contributed by atoms with Crippen molar-refractivity contribution < 1.29 is 29.5 Å². The molecule has 1 unspecified atom stereocenters. The van der Waals surface area contributed by atoms with Gasteiger partial charge in [-0.1, -0.05) is 17.7 Å². The first kappa shape index (κ1) is 21.5. The molecule has 0 heterocycles. The van der Waals surface area contributed by atoms with Gasteiger partial charge in [0.2, 0.25) is 0 Å². The second-order valence-electron chi connectivity index (χ2n) is 5.89. The molecular weight excluding hydrogens is 388 g/mol. The molecule has 8 nitrogen and oxygen atoms in total. The number of hydrogen-bond donors (Lipinski definition) is 3. The Bertz CT molecular complexity index is 871. The SMILES string of the molecule is CCOC(=O)C(C)Oc1ccc(C)c(NC(=O)c2ccc(Cl)cc2N(O)O)c1. The standard InChI is InChI=1S/C19H21ClN2O6/c1-4-27-19(24)12(3)28-14-7-5-11(2)16(10-14)21-18(23)15-8-6-13(20)9-17(15)22(25)26/h5-10,12,25-26H,4H2,1-3H3,(H,21,23). The highest BCUT2D eigenvalue weighted by atomic mass is 35.5. The van der Waals surface area contributed by atoms with Crippen LogP contribution in [-0.4, -0.2) is 35.0 Å². The van der Waals surface area contributed by atoms with Crippen LogP contribution in [0, 0.1) is 6.92 Å². The fourth-order valence-corrected chi connectivity index (χ4v) is 2.54. The number of benzene rings is 2. The smallest absolute Gasteiger partial charge is 0.347 e. The molecule has 2 aromatic rings. The first-order valence-corrected chi connectivity index (χ1v) is 8.83. The summed E-state index contributed by atoms with van der Waals surface area (Å²) in [6, 6.07) is 9.01. The third kappa shape index (κ3) is 5.35. The molecule has 28 heavy (non-hydrogen) atoms. The van der Waals surface area contributed by atoms with Crippen molar-refractivity contribution in [3.8, 4) is 5.75 Å². The van der Waals surface area contributed by atoms with Gasteiger partial charge in [0.1, 0.15) is 11.4 Å². The van der Waals surface area contributed by atoms with E-state index in [1.807, 2.05) is 0 Å². The number of nitrogens with one attached hydrogen (secondary N) is 1. The van der Waals surface area contributed by atoms with Crippen LogP contribution in [0.1, 0.15) is 29.8 Å². The predicted molar refractivity (Wildman–Crippen MR) is 103 cm³/mol. The van der Waals surface area contributed by atoms with E-state index in [4.69, 9.17) is 21.1 Å². The molecule has 0 radical (unpaired) electrons. The van der Waals surface area contributed by atoms with Crippen LogP contribution in [0.2, 0.25) is 5.02 Å². The predicted octanol–water partition coefficient (Wildman–Crippen LogP) is 3.82. The Morgan fingerprint density at radius 1 is 1.21 bits per heavy atom. The minimum absolute atomic E-state index is 0.0000121. The second kappa shape index (κ2) is 9.41. The number of esters is 1. The molecule has 0 fully saturated rings. The number of aryl methyl sites for hydroxylation is 1. The van der Waals surface area contributed by atoms with E-state index in [2.05, 4.69) is 5.32 Å². The van der Waals surface area contributed by atoms with Crippen molar-refractivity contribution >= 4 is 34.9 Å². The molecule has 1 atom stereocenters. The summed E-state index contributed by atoms with van der Waals surface area (Å²) in [7, 11) is 0. The summed E-state index contributed by atoms with van der Waals surface area (Å²) in [6.45, 7) is 5.29. The second-order valence-corrected chi connectivity index (χ2v) is 6.33. The Morgan fingerprint density at radius 2 is 1.93 bits per heavy atom. The Labute approximate surface area is 167 Å². The lowest BCUT2D eigenvalue weighted by Crippen LogP contribution is -2.26. The van der Waals surface area contributed by atoms with Gasteiger partial charge in [0.25, 0.3) is 5.91 Å². The van der Waals surface area contributed by atoms with Crippen LogP contribution in [-0.2, 0) is 9.53 Å². The van der Waals surface area contributed by atoms with E-state index in [-0.39, 0.29) is 28.1 Å². The third-order valence-corrected chi connectivity index (χ3v) is 4.04. The quantitative estimate of drug-likeness (QED) is 0.472. The van der Waals surface area contributed by atoms with Gasteiger partial charge in [-0.15, -0.1) is 5.23 Å². The van der Waals surface area contributed by atoms with E-state index in [0.29, 0.717) is 11.4 Å². The molecule has 0 saturated carbocycles. The van der Waals surface area contributed by atoms with Crippen LogP contribution >= 0.6 is 11.6 Å². The zero-order chi connectivity index (χ0) is 20.8. The molecule has 0 spiro atoms. The van der Waals surface area contributed by atoms with Crippen molar-refractivity contribution in [2.75, 3.05) is 17.2 Å². The molecule has 2 aromatic carbocycles. The largest absolute Gasteiger partial charge is 0.479 e. The number of rotatable bonds is 7. The molecule has 0 aromatic heterocycles. The zero-order valence-corrected chi connectivity index (χ0v) is 16.4. The van der Waals surface area contributed by atoms with Gasteiger partial charge in [0, 0.05) is 16.8 Å². The molecule has 0 aliphatic heterocycles. The minimum Gasteiger partial charge on any atom is -0.479 e. The van der Waals surface area contributed by atoms with Gasteiger partial charge in [-0.25, -0.2) is 4.79 Å². The molecule has 9 heteroatoms. The molecule has 150 valence electrons. The van der Waals surface area contributed by atoms with Crippen molar-refractivity contribution in [3.63, 3.8) is 0 Å². The lowest BCUT2D eigenvalue weighted by molar-refractivity contribution is -0.150. The molecule has 2 rings (SSSR count). The number of nitrogens with zero attached hydrogens (tertiary/aromatic N) is 1. The highest BCUT2D eigenvalue weighted by Crippen LogP contribution is 2.27. The monoisotopic (exact) mass is 408 g/mol. The average Bonchev–Trinajstić information content (AvgIpc) is 2.64. The van der Waals surface area contributed by atoms with Gasteiger partial charge >= 0.3 is 5.97 Å². The number of halogens is 1. The van der Waals surface area contributed by atoms with E-state index >= 15 is 0 Å². The normalized spacial score (nSPS) is 11.5. The van der Waals surface area contributed by atoms with E-state index in [0.717, 1.165) is 5.56 Å². The molecular formula is C19H21ClN2O6. The summed E-state index contributed by atoms with van der Waals surface area (Å²) in [6.07, 6.45) is -0.814. The molecule has 3 N–H and O–H groups in total. The van der Waals surface area contributed by atoms with Crippen molar-refractivity contribution in [2.24, 2.45) is 0 Å². The first-order chi connectivity index (χ1) is 13.2. The highest BCUT2D eigenvalue weighted by molar-refractivity contribution is 6.31. The topological polar surface area (TPSA) is 108 Å².